The Labute approximate surface area is 149 Å². The molecule has 0 fully saturated rings. The molecular weight excluding hydrogens is 336 g/mol. The van der Waals surface area contributed by atoms with Crippen LogP contribution in [0.2, 0.25) is 0 Å². The first kappa shape index (κ1) is 18.5. The smallest absolute Gasteiger partial charge is 0.162 e. The van der Waals surface area contributed by atoms with E-state index in [0.29, 0.717) is 33.9 Å². The van der Waals surface area contributed by atoms with Gasteiger partial charge < -0.3 is 10.8 Å². The van der Waals surface area contributed by atoms with Gasteiger partial charge in [-0.15, -0.1) is 11.8 Å². The number of ketones is 1. The Balaban J connectivity index is 2.66. The molecule has 3 N–H and O–H groups in total. The molecule has 0 saturated carbocycles. The summed E-state index contributed by atoms with van der Waals surface area (Å²) in [5, 5.41) is 28.4. The SMILES string of the molecule is CCC(=O)c1ccc(-c2c(C#N)c(N)nc(SCCO)c2C#N)cc1. The molecule has 2 aromatic rings. The molecule has 1 aromatic heterocycles. The Hall–Kier alpha value is -2.87. The van der Waals surface area contributed by atoms with E-state index in [9.17, 15) is 15.3 Å². The largest absolute Gasteiger partial charge is 0.396 e. The Morgan fingerprint density at radius 2 is 1.88 bits per heavy atom. The van der Waals surface area contributed by atoms with Crippen LogP contribution in [0.4, 0.5) is 5.82 Å². The van der Waals surface area contributed by atoms with Gasteiger partial charge in [0, 0.05) is 23.3 Å². The summed E-state index contributed by atoms with van der Waals surface area (Å²) in [7, 11) is 0. The van der Waals surface area contributed by atoms with E-state index < -0.39 is 0 Å². The molecule has 0 aliphatic heterocycles. The minimum atomic E-state index is -0.0692. The third kappa shape index (κ3) is 3.80. The van der Waals surface area contributed by atoms with Gasteiger partial charge in [0.15, 0.2) is 5.78 Å². The van der Waals surface area contributed by atoms with Crippen LogP contribution in [0.1, 0.15) is 34.8 Å². The Kier molecular flexibility index (Phi) is 6.13. The van der Waals surface area contributed by atoms with Crippen LogP contribution < -0.4 is 5.73 Å². The van der Waals surface area contributed by atoms with Crippen molar-refractivity contribution in [3.8, 4) is 23.3 Å². The maximum absolute atomic E-state index is 11.8. The number of nitrogens with zero attached hydrogens (tertiary/aromatic N) is 3. The number of thioether (sulfide) groups is 1. The molecule has 25 heavy (non-hydrogen) atoms. The lowest BCUT2D eigenvalue weighted by molar-refractivity contribution is 0.0988. The van der Waals surface area contributed by atoms with Gasteiger partial charge in [0.25, 0.3) is 0 Å². The summed E-state index contributed by atoms with van der Waals surface area (Å²) in [6.45, 7) is 1.71. The van der Waals surface area contributed by atoms with Crippen molar-refractivity contribution in [1.29, 1.82) is 10.5 Å². The average molecular weight is 352 g/mol. The van der Waals surface area contributed by atoms with Crippen molar-refractivity contribution >= 4 is 23.4 Å². The minimum Gasteiger partial charge on any atom is -0.396 e. The van der Waals surface area contributed by atoms with Crippen molar-refractivity contribution in [3.63, 3.8) is 0 Å². The number of nitriles is 2. The monoisotopic (exact) mass is 352 g/mol. The van der Waals surface area contributed by atoms with Gasteiger partial charge in [-0.2, -0.15) is 10.5 Å². The van der Waals surface area contributed by atoms with E-state index in [1.165, 1.54) is 11.8 Å². The van der Waals surface area contributed by atoms with Crippen molar-refractivity contribution in [2.24, 2.45) is 0 Å². The minimum absolute atomic E-state index is 0.0148. The van der Waals surface area contributed by atoms with Crippen LogP contribution in [0.5, 0.6) is 0 Å². The number of carbonyl (C=O) groups excluding carboxylic acids is 1. The number of aliphatic hydroxyl groups excluding tert-OH is 1. The summed E-state index contributed by atoms with van der Waals surface area (Å²) in [5.74, 6) is 0.405. The lowest BCUT2D eigenvalue weighted by Gasteiger charge is -2.13. The molecule has 0 saturated heterocycles. The summed E-state index contributed by atoms with van der Waals surface area (Å²) in [6.07, 6.45) is 0.399. The highest BCUT2D eigenvalue weighted by atomic mass is 32.2. The van der Waals surface area contributed by atoms with Crippen LogP contribution in [-0.4, -0.2) is 28.2 Å². The second-order valence-corrected chi connectivity index (χ2v) is 6.16. The van der Waals surface area contributed by atoms with Gasteiger partial charge in [-0.05, 0) is 5.56 Å². The molecule has 0 amide bonds. The van der Waals surface area contributed by atoms with E-state index in [1.807, 2.05) is 6.07 Å². The average Bonchev–Trinajstić information content (AvgIpc) is 2.65. The number of aliphatic hydroxyl groups is 1. The van der Waals surface area contributed by atoms with Gasteiger partial charge in [0.2, 0.25) is 0 Å². The fourth-order valence-corrected chi connectivity index (χ4v) is 3.10. The van der Waals surface area contributed by atoms with Crippen molar-refractivity contribution in [2.75, 3.05) is 18.1 Å². The van der Waals surface area contributed by atoms with Crippen molar-refractivity contribution in [1.82, 2.24) is 4.98 Å². The van der Waals surface area contributed by atoms with E-state index in [2.05, 4.69) is 11.1 Å². The van der Waals surface area contributed by atoms with Crippen LogP contribution in [0, 0.1) is 22.7 Å². The van der Waals surface area contributed by atoms with Crippen LogP contribution in [0.25, 0.3) is 11.1 Å². The molecule has 126 valence electrons. The standard InChI is InChI=1S/C18H16N4O2S/c1-2-15(24)11-3-5-12(6-4-11)16-13(9-19)17(21)22-18(14(16)10-20)25-8-7-23/h3-6,23H,2,7-8H2,1H3,(H2,21,22). The molecule has 1 heterocycles. The first-order valence-electron chi connectivity index (χ1n) is 7.58. The Bertz CT molecular complexity index is 880. The maximum Gasteiger partial charge on any atom is 0.162 e. The molecule has 6 nitrogen and oxygen atoms in total. The number of nitrogens with two attached hydrogens (primary N) is 1. The third-order valence-corrected chi connectivity index (χ3v) is 4.52. The molecule has 0 radical (unpaired) electrons. The maximum atomic E-state index is 11.8. The third-order valence-electron chi connectivity index (χ3n) is 3.56. The second kappa shape index (κ2) is 8.29. The first-order chi connectivity index (χ1) is 12.1. The number of carbonyl (C=O) groups is 1. The van der Waals surface area contributed by atoms with E-state index >= 15 is 0 Å². The zero-order chi connectivity index (χ0) is 18.4. The lowest BCUT2D eigenvalue weighted by atomic mass is 9.95. The summed E-state index contributed by atoms with van der Waals surface area (Å²) in [4.78, 5) is 15.9. The molecule has 0 bridgehead atoms. The van der Waals surface area contributed by atoms with Gasteiger partial charge in [-0.1, -0.05) is 31.2 Å². The van der Waals surface area contributed by atoms with E-state index in [4.69, 9.17) is 10.8 Å². The van der Waals surface area contributed by atoms with Gasteiger partial charge >= 0.3 is 0 Å². The van der Waals surface area contributed by atoms with E-state index in [0.717, 1.165) is 0 Å². The molecule has 7 heteroatoms. The zero-order valence-corrected chi connectivity index (χ0v) is 14.4. The molecule has 0 aliphatic rings. The van der Waals surface area contributed by atoms with Crippen molar-refractivity contribution in [3.05, 3.63) is 41.0 Å². The second-order valence-electron chi connectivity index (χ2n) is 5.08. The topological polar surface area (TPSA) is 124 Å². The number of nitrogen functional groups attached to an aromatic ring is 1. The molecular formula is C18H16N4O2S. The number of rotatable bonds is 6. The molecule has 0 unspecified atom stereocenters. The van der Waals surface area contributed by atoms with Crippen molar-refractivity contribution < 1.29 is 9.90 Å². The fraction of sp³-hybridized carbons (Fsp3) is 0.222. The number of benzene rings is 1. The number of aromatic nitrogens is 1. The van der Waals surface area contributed by atoms with E-state index in [-0.39, 0.29) is 29.3 Å². The molecule has 2 rings (SSSR count). The molecule has 0 spiro atoms. The quantitative estimate of drug-likeness (QED) is 0.605. The highest BCUT2D eigenvalue weighted by Gasteiger charge is 2.20. The van der Waals surface area contributed by atoms with Crippen LogP contribution in [0.15, 0.2) is 29.3 Å². The number of hydrogen-bond donors (Lipinski definition) is 2. The number of Topliss-reactive ketones (excluding diaryl/α,β-unsaturated/α-hetero) is 1. The summed E-state index contributed by atoms with van der Waals surface area (Å²) in [5.41, 5.74) is 7.83. The van der Waals surface area contributed by atoms with E-state index in [1.54, 1.807) is 31.2 Å². The highest BCUT2D eigenvalue weighted by molar-refractivity contribution is 7.99. The van der Waals surface area contributed by atoms with Crippen LogP contribution in [0.3, 0.4) is 0 Å². The van der Waals surface area contributed by atoms with Gasteiger partial charge in [-0.25, -0.2) is 4.98 Å². The molecule has 0 atom stereocenters. The normalized spacial score (nSPS) is 10.1. The summed E-state index contributed by atoms with van der Waals surface area (Å²) in [6, 6.07) is 10.8. The number of hydrogen-bond acceptors (Lipinski definition) is 7. The van der Waals surface area contributed by atoms with Gasteiger partial charge in [0.1, 0.15) is 28.5 Å². The Morgan fingerprint density at radius 1 is 1.24 bits per heavy atom. The summed E-state index contributed by atoms with van der Waals surface area (Å²) < 4.78 is 0. The number of pyridine rings is 1. The lowest BCUT2D eigenvalue weighted by Crippen LogP contribution is -2.04. The van der Waals surface area contributed by atoms with Crippen LogP contribution >= 0.6 is 11.8 Å². The van der Waals surface area contributed by atoms with Gasteiger partial charge in [0.05, 0.1) is 12.2 Å². The first-order valence-corrected chi connectivity index (χ1v) is 8.56. The fourth-order valence-electron chi connectivity index (χ4n) is 2.36. The molecule has 0 aliphatic carbocycles. The number of anilines is 1. The van der Waals surface area contributed by atoms with Crippen molar-refractivity contribution in [2.45, 2.75) is 18.4 Å². The van der Waals surface area contributed by atoms with Crippen LogP contribution in [-0.2, 0) is 0 Å². The Morgan fingerprint density at radius 3 is 2.40 bits per heavy atom. The highest BCUT2D eigenvalue weighted by Crippen LogP contribution is 2.35. The zero-order valence-electron chi connectivity index (χ0n) is 13.6. The van der Waals surface area contributed by atoms with Gasteiger partial charge in [-0.3, -0.25) is 4.79 Å². The predicted octanol–water partition coefficient (Wildman–Crippen LogP) is 2.75. The predicted molar refractivity (Wildman–Crippen MR) is 95.9 cm³/mol. The summed E-state index contributed by atoms with van der Waals surface area (Å²) >= 11 is 1.20. The molecule has 1 aromatic carbocycles.